The largest absolute Gasteiger partial charge is 1.00 e. The molecular weight excluding hydrogens is 397 g/mol. The topological polar surface area (TPSA) is 146 Å². The predicted molar refractivity (Wildman–Crippen MR) is 83.2 cm³/mol. The van der Waals surface area contributed by atoms with Gasteiger partial charge in [-0.15, -0.1) is 0 Å². The molecule has 0 spiro atoms. The summed E-state index contributed by atoms with van der Waals surface area (Å²) in [6.07, 6.45) is 0.233. The van der Waals surface area contributed by atoms with Crippen LogP contribution in [0.4, 0.5) is 0 Å². The molecular formula is C12H14N5NaO6S2. The van der Waals surface area contributed by atoms with Gasteiger partial charge in [-0.2, -0.15) is 10.1 Å². The first-order valence-corrected chi connectivity index (χ1v) is 9.59. The average molecular weight is 411 g/mol. The minimum absolute atomic E-state index is 0. The molecule has 2 fully saturated rings. The molecule has 0 unspecified atom stereocenters. The molecule has 2 amide bonds. The van der Waals surface area contributed by atoms with E-state index >= 15 is 0 Å². The summed E-state index contributed by atoms with van der Waals surface area (Å²) in [5.74, 6) is -1.37. The van der Waals surface area contributed by atoms with Crippen LogP contribution in [0.1, 0.15) is 12.1 Å². The third-order valence-electron chi connectivity index (χ3n) is 4.11. The zero-order valence-corrected chi connectivity index (χ0v) is 17.9. The van der Waals surface area contributed by atoms with Crippen molar-refractivity contribution in [2.24, 2.45) is 7.05 Å². The number of hydrogen-bond acceptors (Lipinski definition) is 9. The summed E-state index contributed by atoms with van der Waals surface area (Å²) in [6, 6.07) is -1.70. The molecule has 14 heteroatoms. The van der Waals surface area contributed by atoms with Gasteiger partial charge in [-0.25, -0.2) is 17.4 Å². The third-order valence-corrected chi connectivity index (χ3v) is 6.04. The normalized spacial score (nSPS) is 21.9. The molecule has 2 aliphatic heterocycles. The minimum atomic E-state index is -4.85. The van der Waals surface area contributed by atoms with Gasteiger partial charge in [0.25, 0.3) is 11.5 Å². The zero-order valence-electron chi connectivity index (χ0n) is 14.3. The molecule has 2 atom stereocenters. The van der Waals surface area contributed by atoms with E-state index in [0.29, 0.717) is 4.31 Å². The van der Waals surface area contributed by atoms with Crippen LogP contribution in [-0.4, -0.2) is 73.1 Å². The van der Waals surface area contributed by atoms with Crippen LogP contribution in [0.3, 0.4) is 0 Å². The number of amides is 2. The van der Waals surface area contributed by atoms with Crippen molar-refractivity contribution >= 4 is 33.9 Å². The van der Waals surface area contributed by atoms with Crippen molar-refractivity contribution in [2.45, 2.75) is 30.6 Å². The quantitative estimate of drug-likeness (QED) is 0.205. The monoisotopic (exact) mass is 411 g/mol. The molecule has 2 aliphatic rings. The Kier molecular flexibility index (Phi) is 6.20. The van der Waals surface area contributed by atoms with Crippen LogP contribution in [0.5, 0.6) is 0 Å². The maximum Gasteiger partial charge on any atom is 1.00 e. The van der Waals surface area contributed by atoms with Crippen LogP contribution >= 0.6 is 11.8 Å². The number of nitrogens with zero attached hydrogens (tertiary/aromatic N) is 5. The van der Waals surface area contributed by atoms with E-state index < -0.39 is 39.8 Å². The number of aryl methyl sites for hydroxylation is 2. The van der Waals surface area contributed by atoms with Crippen LogP contribution in [0.2, 0.25) is 0 Å². The molecule has 1 aromatic heterocycles. The molecule has 0 saturated carbocycles. The molecule has 0 radical (unpaired) electrons. The smallest absolute Gasteiger partial charge is 0.731 e. The Morgan fingerprint density at radius 1 is 1.38 bits per heavy atom. The van der Waals surface area contributed by atoms with Gasteiger partial charge >= 0.3 is 29.6 Å². The van der Waals surface area contributed by atoms with Gasteiger partial charge in [-0.05, 0) is 13.3 Å². The fourth-order valence-corrected chi connectivity index (χ4v) is 4.65. The third kappa shape index (κ3) is 3.68. The van der Waals surface area contributed by atoms with Crippen LogP contribution in [-0.2, 0) is 26.9 Å². The van der Waals surface area contributed by atoms with E-state index in [1.165, 1.54) is 16.5 Å². The minimum Gasteiger partial charge on any atom is -0.731 e. The van der Waals surface area contributed by atoms with Gasteiger partial charge in [0.2, 0.25) is 5.91 Å². The molecule has 1 aromatic rings. The van der Waals surface area contributed by atoms with Gasteiger partial charge in [0, 0.05) is 13.6 Å². The summed E-state index contributed by atoms with van der Waals surface area (Å²) in [7, 11) is -3.27. The summed E-state index contributed by atoms with van der Waals surface area (Å²) in [5, 5.41) is 4.22. The van der Waals surface area contributed by atoms with Crippen molar-refractivity contribution in [1.29, 1.82) is 0 Å². The van der Waals surface area contributed by atoms with E-state index in [1.807, 2.05) is 0 Å². The van der Waals surface area contributed by atoms with Crippen molar-refractivity contribution in [3.63, 3.8) is 0 Å². The predicted octanol–water partition coefficient (Wildman–Crippen LogP) is -5.15. The second-order valence-corrected chi connectivity index (χ2v) is 7.87. The number of aromatic nitrogens is 3. The molecule has 3 heterocycles. The Balaban J connectivity index is 0.00000243. The molecule has 3 rings (SSSR count). The number of thioether (sulfide) groups is 1. The maximum absolute atomic E-state index is 12.3. The Morgan fingerprint density at radius 3 is 2.65 bits per heavy atom. The molecule has 0 aliphatic carbocycles. The van der Waals surface area contributed by atoms with E-state index in [-0.39, 0.29) is 59.1 Å². The number of carbonyl (C=O) groups excluding carboxylic acids is 2. The van der Waals surface area contributed by atoms with Crippen molar-refractivity contribution in [3.8, 4) is 0 Å². The van der Waals surface area contributed by atoms with Gasteiger partial charge < -0.3 is 9.45 Å². The molecule has 26 heavy (non-hydrogen) atoms. The van der Waals surface area contributed by atoms with Gasteiger partial charge in [-0.3, -0.25) is 14.4 Å². The second kappa shape index (κ2) is 7.56. The Morgan fingerprint density at radius 2 is 2.04 bits per heavy atom. The van der Waals surface area contributed by atoms with E-state index in [2.05, 4.69) is 10.1 Å². The number of carbonyl (C=O) groups is 2. The maximum atomic E-state index is 12.3. The number of likely N-dealkylation sites (tertiary alicyclic amines) is 1. The first kappa shape index (κ1) is 21.3. The van der Waals surface area contributed by atoms with Gasteiger partial charge in [0.1, 0.15) is 11.7 Å². The Labute approximate surface area is 175 Å². The van der Waals surface area contributed by atoms with Gasteiger partial charge in [0.15, 0.2) is 15.5 Å². The van der Waals surface area contributed by atoms with Crippen molar-refractivity contribution in [3.05, 3.63) is 16.0 Å². The number of hydrogen-bond donors (Lipinski definition) is 0. The SMILES string of the molecule is Cc1nn(C)c(SCC(=O)N2CC[C@@H]3[C@H]2C(=O)N3S(=O)(=O)[O-])nc1=O.[Na+]. The van der Waals surface area contributed by atoms with E-state index in [0.717, 1.165) is 11.8 Å². The van der Waals surface area contributed by atoms with E-state index in [1.54, 1.807) is 7.05 Å². The standard InChI is InChI=1S/C12H15N5O6S2.Na/c1-6-10(19)13-12(15(2)14-6)24-5-8(18)16-4-3-7-9(16)11(20)17(7)25(21,22)23;/h7,9H,3-5H2,1-2H3,(H,21,22,23);/q;+1/p-1/t7-,9+;/m1./s1. The first-order valence-electron chi connectivity index (χ1n) is 7.24. The molecule has 0 aromatic carbocycles. The summed E-state index contributed by atoms with van der Waals surface area (Å²) >= 11 is 0.993. The van der Waals surface area contributed by atoms with Crippen molar-refractivity contribution < 1.29 is 52.1 Å². The first-order chi connectivity index (χ1) is 11.6. The summed E-state index contributed by atoms with van der Waals surface area (Å²) < 4.78 is 34.8. The molecule has 136 valence electrons. The zero-order chi connectivity index (χ0) is 18.5. The molecule has 0 N–H and O–H groups in total. The Hall–Kier alpha value is -0.990. The van der Waals surface area contributed by atoms with Crippen molar-refractivity contribution in [2.75, 3.05) is 12.3 Å². The van der Waals surface area contributed by atoms with E-state index in [9.17, 15) is 27.4 Å². The van der Waals surface area contributed by atoms with Crippen LogP contribution < -0.4 is 35.1 Å². The van der Waals surface area contributed by atoms with Gasteiger partial charge in [0.05, 0.1) is 11.8 Å². The van der Waals surface area contributed by atoms with Crippen molar-refractivity contribution in [1.82, 2.24) is 24.0 Å². The number of fused-ring (bicyclic) bond motifs is 1. The van der Waals surface area contributed by atoms with E-state index in [4.69, 9.17) is 0 Å². The molecule has 11 nitrogen and oxygen atoms in total. The van der Waals surface area contributed by atoms with Gasteiger partial charge in [-0.1, -0.05) is 11.8 Å². The number of rotatable bonds is 4. The summed E-state index contributed by atoms with van der Waals surface area (Å²) in [6.45, 7) is 1.71. The van der Waals surface area contributed by atoms with Crippen LogP contribution in [0.25, 0.3) is 0 Å². The summed E-state index contributed by atoms with van der Waals surface area (Å²) in [5.41, 5.74) is -0.251. The number of β-lactam (4-membered cyclic amide) rings is 1. The molecule has 2 saturated heterocycles. The average Bonchev–Trinajstić information content (AvgIpc) is 2.86. The van der Waals surface area contributed by atoms with Crippen LogP contribution in [0, 0.1) is 6.92 Å². The Bertz CT molecular complexity index is 919. The fourth-order valence-electron chi connectivity index (χ4n) is 2.97. The molecule has 0 bridgehead atoms. The fraction of sp³-hybridized carbons (Fsp3) is 0.583. The van der Waals surface area contributed by atoms with Crippen LogP contribution in [0.15, 0.2) is 9.95 Å². The second-order valence-electron chi connectivity index (χ2n) is 5.68. The summed E-state index contributed by atoms with van der Waals surface area (Å²) in [4.78, 5) is 40.9.